The van der Waals surface area contributed by atoms with Gasteiger partial charge in [0, 0.05) is 18.7 Å². The molecule has 1 N–H and O–H groups in total. The number of hydrogen-bond acceptors (Lipinski definition) is 4. The van der Waals surface area contributed by atoms with Crippen LogP contribution < -0.4 is 5.32 Å². The van der Waals surface area contributed by atoms with E-state index in [0.717, 1.165) is 32.5 Å². The van der Waals surface area contributed by atoms with Gasteiger partial charge in [0.1, 0.15) is 12.7 Å². The second-order valence-electron chi connectivity index (χ2n) is 3.72. The van der Waals surface area contributed by atoms with Gasteiger partial charge >= 0.3 is 0 Å². The van der Waals surface area contributed by atoms with E-state index in [0.29, 0.717) is 0 Å². The van der Waals surface area contributed by atoms with Crippen LogP contribution in [-0.2, 0) is 13.1 Å². The zero-order valence-electron chi connectivity index (χ0n) is 9.17. The van der Waals surface area contributed by atoms with Crippen molar-refractivity contribution in [3.8, 4) is 0 Å². The SMILES string of the molecule is c1cc(CNCCCCn2cnnc2)co1. The minimum absolute atomic E-state index is 0.878. The van der Waals surface area contributed by atoms with Crippen molar-refractivity contribution in [2.24, 2.45) is 0 Å². The second-order valence-corrected chi connectivity index (χ2v) is 3.72. The van der Waals surface area contributed by atoms with Crippen LogP contribution in [0.1, 0.15) is 18.4 Å². The summed E-state index contributed by atoms with van der Waals surface area (Å²) < 4.78 is 6.98. The zero-order valence-corrected chi connectivity index (χ0v) is 9.17. The highest BCUT2D eigenvalue weighted by Gasteiger charge is 1.94. The minimum atomic E-state index is 0.878. The summed E-state index contributed by atoms with van der Waals surface area (Å²) in [7, 11) is 0. The Morgan fingerprint density at radius 2 is 2.12 bits per heavy atom. The molecular weight excluding hydrogens is 204 g/mol. The third-order valence-corrected chi connectivity index (χ3v) is 2.40. The van der Waals surface area contributed by atoms with Crippen molar-refractivity contribution in [3.63, 3.8) is 0 Å². The van der Waals surface area contributed by atoms with Gasteiger partial charge in [0.25, 0.3) is 0 Å². The van der Waals surface area contributed by atoms with Gasteiger partial charge in [-0.2, -0.15) is 0 Å². The molecule has 2 rings (SSSR count). The number of unbranched alkanes of at least 4 members (excludes halogenated alkanes) is 1. The first kappa shape index (κ1) is 10.9. The molecule has 0 atom stereocenters. The Morgan fingerprint density at radius 1 is 1.25 bits per heavy atom. The zero-order chi connectivity index (χ0) is 11.1. The monoisotopic (exact) mass is 220 g/mol. The third-order valence-electron chi connectivity index (χ3n) is 2.40. The van der Waals surface area contributed by atoms with Crippen LogP contribution in [0.25, 0.3) is 0 Å². The fraction of sp³-hybridized carbons (Fsp3) is 0.455. The molecule has 2 aromatic heterocycles. The molecule has 0 fully saturated rings. The predicted molar refractivity (Wildman–Crippen MR) is 59.7 cm³/mol. The van der Waals surface area contributed by atoms with Gasteiger partial charge in [-0.05, 0) is 25.5 Å². The molecule has 2 aromatic rings. The molecule has 0 aliphatic rings. The van der Waals surface area contributed by atoms with Gasteiger partial charge < -0.3 is 14.3 Å². The Kier molecular flexibility index (Phi) is 4.13. The summed E-state index contributed by atoms with van der Waals surface area (Å²) >= 11 is 0. The number of furan rings is 1. The summed E-state index contributed by atoms with van der Waals surface area (Å²) in [6.45, 7) is 2.89. The Hall–Kier alpha value is -1.62. The van der Waals surface area contributed by atoms with Gasteiger partial charge in [0.05, 0.1) is 12.5 Å². The largest absolute Gasteiger partial charge is 0.472 e. The molecule has 0 saturated heterocycles. The molecule has 0 spiro atoms. The van der Waals surface area contributed by atoms with Gasteiger partial charge in [0.15, 0.2) is 0 Å². The van der Waals surface area contributed by atoms with Crippen molar-refractivity contribution in [2.45, 2.75) is 25.9 Å². The molecule has 0 saturated carbocycles. The lowest BCUT2D eigenvalue weighted by atomic mass is 10.3. The number of rotatable bonds is 7. The first-order valence-electron chi connectivity index (χ1n) is 5.49. The number of hydrogen-bond donors (Lipinski definition) is 1. The minimum Gasteiger partial charge on any atom is -0.472 e. The van der Waals surface area contributed by atoms with E-state index in [-0.39, 0.29) is 0 Å². The summed E-state index contributed by atoms with van der Waals surface area (Å²) in [4.78, 5) is 0. The summed E-state index contributed by atoms with van der Waals surface area (Å²) in [5, 5.41) is 10.9. The molecule has 0 radical (unpaired) electrons. The van der Waals surface area contributed by atoms with Gasteiger partial charge in [-0.25, -0.2) is 0 Å². The Morgan fingerprint density at radius 3 is 2.88 bits per heavy atom. The van der Waals surface area contributed by atoms with Crippen molar-refractivity contribution < 1.29 is 4.42 Å². The smallest absolute Gasteiger partial charge is 0.119 e. The molecule has 0 aliphatic carbocycles. The standard InChI is InChI=1S/C11H16N4O/c1(2-5-15-9-13-14-10-15)4-12-7-11-3-6-16-8-11/h3,6,8-10,12H,1-2,4-5,7H2. The normalized spacial score (nSPS) is 10.8. The Labute approximate surface area is 94.5 Å². The fourth-order valence-electron chi connectivity index (χ4n) is 1.51. The molecule has 16 heavy (non-hydrogen) atoms. The maximum absolute atomic E-state index is 4.98. The fourth-order valence-corrected chi connectivity index (χ4v) is 1.51. The van der Waals surface area contributed by atoms with E-state index >= 15 is 0 Å². The van der Waals surface area contributed by atoms with E-state index < -0.39 is 0 Å². The summed E-state index contributed by atoms with van der Waals surface area (Å²) in [5.41, 5.74) is 1.19. The Balaban J connectivity index is 1.49. The highest BCUT2D eigenvalue weighted by atomic mass is 16.3. The quantitative estimate of drug-likeness (QED) is 0.717. The lowest BCUT2D eigenvalue weighted by Gasteiger charge is -2.03. The Bertz CT molecular complexity index is 330. The molecule has 5 nitrogen and oxygen atoms in total. The molecule has 0 aromatic carbocycles. The van der Waals surface area contributed by atoms with Gasteiger partial charge in [-0.1, -0.05) is 0 Å². The second kappa shape index (κ2) is 6.07. The molecule has 0 bridgehead atoms. The van der Waals surface area contributed by atoms with Crippen LogP contribution in [0.5, 0.6) is 0 Å². The lowest BCUT2D eigenvalue weighted by Crippen LogP contribution is -2.14. The summed E-state index contributed by atoms with van der Waals surface area (Å²) in [6.07, 6.45) is 9.25. The maximum Gasteiger partial charge on any atom is 0.119 e. The van der Waals surface area contributed by atoms with E-state index in [1.165, 1.54) is 5.56 Å². The molecular formula is C11H16N4O. The van der Waals surface area contributed by atoms with E-state index in [2.05, 4.69) is 15.5 Å². The van der Waals surface area contributed by atoms with Crippen LogP contribution in [0, 0.1) is 0 Å². The van der Waals surface area contributed by atoms with Crippen LogP contribution in [-0.4, -0.2) is 21.3 Å². The number of nitrogens with one attached hydrogen (secondary N) is 1. The number of aryl methyl sites for hydroxylation is 1. The van der Waals surface area contributed by atoms with E-state index in [4.69, 9.17) is 4.42 Å². The van der Waals surface area contributed by atoms with Gasteiger partial charge in [0.2, 0.25) is 0 Å². The van der Waals surface area contributed by atoms with Crippen molar-refractivity contribution in [2.75, 3.05) is 6.54 Å². The van der Waals surface area contributed by atoms with Crippen LogP contribution >= 0.6 is 0 Å². The third kappa shape index (κ3) is 3.51. The van der Waals surface area contributed by atoms with Crippen molar-refractivity contribution in [1.29, 1.82) is 0 Å². The maximum atomic E-state index is 4.98. The molecule has 0 unspecified atom stereocenters. The topological polar surface area (TPSA) is 55.9 Å². The van der Waals surface area contributed by atoms with Crippen LogP contribution in [0.2, 0.25) is 0 Å². The first-order chi connectivity index (χ1) is 7.95. The predicted octanol–water partition coefficient (Wildman–Crippen LogP) is 1.44. The molecule has 86 valence electrons. The lowest BCUT2D eigenvalue weighted by molar-refractivity contribution is 0.551. The molecule has 5 heteroatoms. The van der Waals surface area contributed by atoms with Crippen LogP contribution in [0.4, 0.5) is 0 Å². The number of nitrogens with zero attached hydrogens (tertiary/aromatic N) is 3. The van der Waals surface area contributed by atoms with Crippen LogP contribution in [0.15, 0.2) is 35.7 Å². The highest BCUT2D eigenvalue weighted by molar-refractivity contribution is 5.04. The van der Waals surface area contributed by atoms with Gasteiger partial charge in [-0.15, -0.1) is 10.2 Å². The van der Waals surface area contributed by atoms with E-state index in [1.807, 2.05) is 10.6 Å². The van der Waals surface area contributed by atoms with E-state index in [9.17, 15) is 0 Å². The summed E-state index contributed by atoms with van der Waals surface area (Å²) in [5.74, 6) is 0. The van der Waals surface area contributed by atoms with Crippen molar-refractivity contribution >= 4 is 0 Å². The summed E-state index contributed by atoms with van der Waals surface area (Å²) in [6, 6.07) is 1.98. The average molecular weight is 220 g/mol. The average Bonchev–Trinajstić information content (AvgIpc) is 2.96. The van der Waals surface area contributed by atoms with Crippen molar-refractivity contribution in [3.05, 3.63) is 36.8 Å². The first-order valence-corrected chi connectivity index (χ1v) is 5.49. The van der Waals surface area contributed by atoms with Crippen molar-refractivity contribution in [1.82, 2.24) is 20.1 Å². The highest BCUT2D eigenvalue weighted by Crippen LogP contribution is 1.99. The molecule has 0 aliphatic heterocycles. The van der Waals surface area contributed by atoms with Crippen LogP contribution in [0.3, 0.4) is 0 Å². The van der Waals surface area contributed by atoms with E-state index in [1.54, 1.807) is 25.2 Å². The van der Waals surface area contributed by atoms with Gasteiger partial charge in [-0.3, -0.25) is 0 Å². The molecule has 2 heterocycles. The number of aromatic nitrogens is 3. The molecule has 0 amide bonds.